The van der Waals surface area contributed by atoms with Crippen molar-refractivity contribution in [1.82, 2.24) is 9.44 Å². The van der Waals surface area contributed by atoms with Gasteiger partial charge in [0.25, 0.3) is 0 Å². The zero-order valence-electron chi connectivity index (χ0n) is 18.7. The molecule has 0 heterocycles. The Morgan fingerprint density at radius 3 is 1.39 bits per heavy atom. The standard InChI is InChI=1S/C21H26N2O8S2/c1-14-12-16(20(24)30-3)6-8-18(14)32(26,27)22-10-5-11-23-33(28,29)19-9-7-17(13-15(19)2)21(25)31-4/h6-9,12-13,22-23H,5,10-11H2,1-4H3. The van der Waals surface area contributed by atoms with E-state index in [1.54, 1.807) is 13.8 Å². The van der Waals surface area contributed by atoms with Crippen molar-refractivity contribution in [3.8, 4) is 0 Å². The van der Waals surface area contributed by atoms with Gasteiger partial charge in [-0.3, -0.25) is 0 Å². The molecule has 0 aliphatic heterocycles. The average molecular weight is 499 g/mol. The number of carbonyl (C=O) groups excluding carboxylic acids is 2. The fourth-order valence-corrected chi connectivity index (χ4v) is 5.65. The maximum absolute atomic E-state index is 12.5. The highest BCUT2D eigenvalue weighted by molar-refractivity contribution is 7.89. The molecule has 0 aliphatic rings. The Labute approximate surface area is 193 Å². The van der Waals surface area contributed by atoms with Gasteiger partial charge in [0.15, 0.2) is 0 Å². The molecule has 2 N–H and O–H groups in total. The molecule has 0 saturated carbocycles. The molecule has 12 heteroatoms. The summed E-state index contributed by atoms with van der Waals surface area (Å²) in [6.45, 7) is 3.10. The molecule has 0 amide bonds. The van der Waals surface area contributed by atoms with Gasteiger partial charge in [0.05, 0.1) is 35.1 Å². The van der Waals surface area contributed by atoms with Gasteiger partial charge in [0.2, 0.25) is 20.0 Å². The van der Waals surface area contributed by atoms with E-state index in [4.69, 9.17) is 0 Å². The zero-order chi connectivity index (χ0) is 24.8. The summed E-state index contributed by atoms with van der Waals surface area (Å²) in [5, 5.41) is 0. The SMILES string of the molecule is COC(=O)c1ccc(S(=O)(=O)NCCCNS(=O)(=O)c2ccc(C(=O)OC)cc2C)c(C)c1. The Balaban J connectivity index is 1.96. The van der Waals surface area contributed by atoms with Gasteiger partial charge in [0, 0.05) is 13.1 Å². The fraction of sp³-hybridized carbons (Fsp3) is 0.333. The minimum Gasteiger partial charge on any atom is -0.465 e. The van der Waals surface area contributed by atoms with Gasteiger partial charge in [0.1, 0.15) is 0 Å². The van der Waals surface area contributed by atoms with Crippen molar-refractivity contribution in [3.63, 3.8) is 0 Å². The maximum Gasteiger partial charge on any atom is 0.337 e. The number of hydrogen-bond acceptors (Lipinski definition) is 8. The maximum atomic E-state index is 12.5. The summed E-state index contributed by atoms with van der Waals surface area (Å²) < 4.78 is 64.2. The van der Waals surface area contributed by atoms with Crippen LogP contribution >= 0.6 is 0 Å². The molecule has 0 bridgehead atoms. The predicted octanol–water partition coefficient (Wildman–Crippen LogP) is 1.52. The van der Waals surface area contributed by atoms with Crippen LogP contribution in [0.3, 0.4) is 0 Å². The summed E-state index contributed by atoms with van der Waals surface area (Å²) in [7, 11) is -5.24. The lowest BCUT2D eigenvalue weighted by Gasteiger charge is -2.12. The largest absolute Gasteiger partial charge is 0.465 e. The van der Waals surface area contributed by atoms with Crippen molar-refractivity contribution in [2.45, 2.75) is 30.1 Å². The van der Waals surface area contributed by atoms with Crippen molar-refractivity contribution < 1.29 is 35.9 Å². The first kappa shape index (κ1) is 26.5. The summed E-state index contributed by atoms with van der Waals surface area (Å²) in [5.41, 5.74) is 1.21. The lowest BCUT2D eigenvalue weighted by atomic mass is 10.1. The lowest BCUT2D eigenvalue weighted by molar-refractivity contribution is 0.0591. The van der Waals surface area contributed by atoms with E-state index in [0.29, 0.717) is 11.1 Å². The lowest BCUT2D eigenvalue weighted by Crippen LogP contribution is -2.30. The smallest absolute Gasteiger partial charge is 0.337 e. The highest BCUT2D eigenvalue weighted by Crippen LogP contribution is 2.18. The fourth-order valence-electron chi connectivity index (χ4n) is 3.05. The van der Waals surface area contributed by atoms with Gasteiger partial charge < -0.3 is 9.47 Å². The highest BCUT2D eigenvalue weighted by atomic mass is 32.2. The van der Waals surface area contributed by atoms with Crippen LogP contribution in [0.25, 0.3) is 0 Å². The molecule has 2 rings (SSSR count). The third-order valence-corrected chi connectivity index (χ3v) is 7.95. The van der Waals surface area contributed by atoms with E-state index in [-0.39, 0.29) is 40.4 Å². The van der Waals surface area contributed by atoms with E-state index in [2.05, 4.69) is 18.9 Å². The van der Waals surface area contributed by atoms with Crippen LogP contribution in [0.4, 0.5) is 0 Å². The molecule has 2 aromatic carbocycles. The van der Waals surface area contributed by atoms with E-state index in [0.717, 1.165) is 0 Å². The van der Waals surface area contributed by atoms with Crippen molar-refractivity contribution in [2.75, 3.05) is 27.3 Å². The van der Waals surface area contributed by atoms with E-state index in [1.165, 1.54) is 50.6 Å². The molecular weight excluding hydrogens is 472 g/mol. The van der Waals surface area contributed by atoms with E-state index in [1.807, 2.05) is 0 Å². The summed E-state index contributed by atoms with van der Waals surface area (Å²) in [5.74, 6) is -1.14. The van der Waals surface area contributed by atoms with Crippen LogP contribution < -0.4 is 9.44 Å². The molecule has 0 atom stereocenters. The number of nitrogens with one attached hydrogen (secondary N) is 2. The molecule has 0 aliphatic carbocycles. The number of esters is 2. The van der Waals surface area contributed by atoms with Crippen LogP contribution in [-0.4, -0.2) is 56.1 Å². The monoisotopic (exact) mass is 498 g/mol. The van der Waals surface area contributed by atoms with E-state index in [9.17, 15) is 26.4 Å². The van der Waals surface area contributed by atoms with Gasteiger partial charge in [-0.25, -0.2) is 35.9 Å². The second kappa shape index (κ2) is 10.9. The Morgan fingerprint density at radius 1 is 0.727 bits per heavy atom. The van der Waals surface area contributed by atoms with E-state index < -0.39 is 32.0 Å². The summed E-state index contributed by atoms with van der Waals surface area (Å²) in [6.07, 6.45) is 0.192. The Hall–Kier alpha value is -2.80. The second-order valence-electron chi connectivity index (χ2n) is 7.09. The second-order valence-corrected chi connectivity index (χ2v) is 10.6. The number of aryl methyl sites for hydroxylation is 2. The van der Waals surface area contributed by atoms with Crippen LogP contribution in [0.5, 0.6) is 0 Å². The van der Waals surface area contributed by atoms with Crippen LogP contribution in [0.2, 0.25) is 0 Å². The molecule has 10 nitrogen and oxygen atoms in total. The first-order valence-electron chi connectivity index (χ1n) is 9.80. The van der Waals surface area contributed by atoms with Crippen LogP contribution in [0, 0.1) is 13.8 Å². The Morgan fingerprint density at radius 2 is 1.09 bits per heavy atom. The first-order valence-corrected chi connectivity index (χ1v) is 12.8. The van der Waals surface area contributed by atoms with Crippen molar-refractivity contribution in [2.24, 2.45) is 0 Å². The van der Waals surface area contributed by atoms with Crippen molar-refractivity contribution in [1.29, 1.82) is 0 Å². The minimum absolute atomic E-state index is 0.0106. The third kappa shape index (κ3) is 6.60. The van der Waals surface area contributed by atoms with Crippen LogP contribution in [0.1, 0.15) is 38.3 Å². The molecule has 2 aromatic rings. The number of benzene rings is 2. The summed E-state index contributed by atoms with van der Waals surface area (Å²) in [4.78, 5) is 23.2. The van der Waals surface area contributed by atoms with Gasteiger partial charge in [-0.2, -0.15) is 0 Å². The Kier molecular flexibility index (Phi) is 8.72. The third-order valence-electron chi connectivity index (χ3n) is 4.71. The van der Waals surface area contributed by atoms with E-state index >= 15 is 0 Å². The molecule has 180 valence electrons. The minimum atomic E-state index is -3.85. The van der Waals surface area contributed by atoms with Crippen LogP contribution in [-0.2, 0) is 29.5 Å². The molecule has 0 fully saturated rings. The zero-order valence-corrected chi connectivity index (χ0v) is 20.3. The van der Waals surface area contributed by atoms with Gasteiger partial charge in [-0.05, 0) is 67.8 Å². The molecule has 0 saturated heterocycles. The highest BCUT2D eigenvalue weighted by Gasteiger charge is 2.20. The number of rotatable bonds is 10. The van der Waals surface area contributed by atoms with Gasteiger partial charge in [-0.15, -0.1) is 0 Å². The molecule has 0 radical (unpaired) electrons. The Bertz CT molecular complexity index is 1160. The normalized spacial score (nSPS) is 11.8. The number of carbonyl (C=O) groups is 2. The average Bonchev–Trinajstić information content (AvgIpc) is 2.76. The van der Waals surface area contributed by atoms with Gasteiger partial charge >= 0.3 is 11.9 Å². The van der Waals surface area contributed by atoms with Crippen molar-refractivity contribution >= 4 is 32.0 Å². The van der Waals surface area contributed by atoms with Crippen LogP contribution in [0.15, 0.2) is 46.2 Å². The quantitative estimate of drug-likeness (QED) is 0.371. The molecule has 0 aromatic heterocycles. The summed E-state index contributed by atoms with van der Waals surface area (Å²) >= 11 is 0. The predicted molar refractivity (Wildman–Crippen MR) is 120 cm³/mol. The number of sulfonamides is 2. The number of hydrogen-bond donors (Lipinski definition) is 2. The first-order chi connectivity index (χ1) is 15.4. The van der Waals surface area contributed by atoms with Gasteiger partial charge in [-0.1, -0.05) is 0 Å². The molecule has 0 unspecified atom stereocenters. The topological polar surface area (TPSA) is 145 Å². The van der Waals surface area contributed by atoms with Crippen molar-refractivity contribution in [3.05, 3.63) is 58.7 Å². The molecule has 33 heavy (non-hydrogen) atoms. The molecular formula is C21H26N2O8S2. The summed E-state index contributed by atoms with van der Waals surface area (Å²) in [6, 6.07) is 8.18. The molecule has 0 spiro atoms. The number of ether oxygens (including phenoxy) is 2. The number of methoxy groups -OCH3 is 2.